The van der Waals surface area contributed by atoms with Crippen LogP contribution in [0.15, 0.2) is 30.3 Å². The fraction of sp³-hybridized carbons (Fsp3) is 0.231. The van der Waals surface area contributed by atoms with Crippen molar-refractivity contribution in [2.75, 3.05) is 0 Å². The molecule has 0 bridgehead atoms. The lowest BCUT2D eigenvalue weighted by atomic mass is 10.1. The number of allylic oxidation sites excluding steroid dienone is 1. The van der Waals surface area contributed by atoms with E-state index in [0.29, 0.717) is 12.8 Å². The lowest BCUT2D eigenvalue weighted by Gasteiger charge is -1.98. The molecule has 0 radical (unpaired) electrons. The van der Waals surface area contributed by atoms with Gasteiger partial charge in [-0.25, -0.2) is 0 Å². The molecule has 0 aliphatic rings. The molecule has 0 aliphatic carbocycles. The van der Waals surface area contributed by atoms with Gasteiger partial charge in [-0.05, 0) is 18.1 Å². The first kappa shape index (κ1) is 11.4. The number of ketones is 1. The average molecular weight is 202 g/mol. The average Bonchev–Trinajstić information content (AvgIpc) is 2.20. The van der Waals surface area contributed by atoms with Crippen LogP contribution in [0.5, 0.6) is 0 Å². The van der Waals surface area contributed by atoms with Crippen LogP contribution >= 0.6 is 0 Å². The molecule has 0 spiro atoms. The zero-order chi connectivity index (χ0) is 11.1. The van der Waals surface area contributed by atoms with E-state index in [-0.39, 0.29) is 5.78 Å². The molecule has 2 nitrogen and oxygen atoms in total. The highest BCUT2D eigenvalue weighted by Gasteiger charge is 1.96. The molecule has 2 heteroatoms. The first-order valence-corrected chi connectivity index (χ1v) is 4.91. The SMILES string of the molecule is CC(=O)Cc1ccc(C=CCC=O)cc1. The Labute approximate surface area is 89.6 Å². The molecule has 0 amide bonds. The number of hydrogen-bond acceptors (Lipinski definition) is 2. The number of aldehydes is 1. The molecule has 1 aromatic carbocycles. The van der Waals surface area contributed by atoms with Gasteiger partial charge in [0.05, 0.1) is 0 Å². The van der Waals surface area contributed by atoms with Gasteiger partial charge in [0.1, 0.15) is 12.1 Å². The number of benzene rings is 1. The Bertz CT molecular complexity index is 361. The van der Waals surface area contributed by atoms with Gasteiger partial charge in [-0.1, -0.05) is 36.4 Å². The van der Waals surface area contributed by atoms with Crippen molar-refractivity contribution in [1.29, 1.82) is 0 Å². The summed E-state index contributed by atoms with van der Waals surface area (Å²) in [5, 5.41) is 0. The number of carbonyl (C=O) groups is 2. The molecule has 0 atom stereocenters. The molecule has 0 saturated carbocycles. The Morgan fingerprint density at radius 1 is 1.27 bits per heavy atom. The third-order valence-electron chi connectivity index (χ3n) is 1.98. The van der Waals surface area contributed by atoms with E-state index >= 15 is 0 Å². The molecule has 0 aliphatic heterocycles. The maximum absolute atomic E-state index is 10.9. The van der Waals surface area contributed by atoms with E-state index in [2.05, 4.69) is 0 Å². The van der Waals surface area contributed by atoms with Crippen LogP contribution in [-0.4, -0.2) is 12.1 Å². The first-order chi connectivity index (χ1) is 7.22. The zero-order valence-electron chi connectivity index (χ0n) is 8.77. The van der Waals surface area contributed by atoms with Crippen molar-refractivity contribution in [1.82, 2.24) is 0 Å². The minimum absolute atomic E-state index is 0.166. The fourth-order valence-electron chi connectivity index (χ4n) is 1.29. The Morgan fingerprint density at radius 3 is 2.47 bits per heavy atom. The molecule has 1 rings (SSSR count). The molecule has 0 N–H and O–H groups in total. The van der Waals surface area contributed by atoms with Crippen LogP contribution in [0, 0.1) is 0 Å². The highest BCUT2D eigenvalue weighted by molar-refractivity contribution is 5.78. The van der Waals surface area contributed by atoms with Crippen molar-refractivity contribution in [3.05, 3.63) is 41.5 Å². The van der Waals surface area contributed by atoms with Crippen LogP contribution in [-0.2, 0) is 16.0 Å². The van der Waals surface area contributed by atoms with Crippen molar-refractivity contribution in [3.8, 4) is 0 Å². The van der Waals surface area contributed by atoms with Crippen molar-refractivity contribution in [3.63, 3.8) is 0 Å². The van der Waals surface area contributed by atoms with Gasteiger partial charge in [-0.2, -0.15) is 0 Å². The molecule has 0 aromatic heterocycles. The predicted molar refractivity (Wildman–Crippen MR) is 60.5 cm³/mol. The Balaban J connectivity index is 2.63. The minimum Gasteiger partial charge on any atom is -0.303 e. The summed E-state index contributed by atoms with van der Waals surface area (Å²) in [5.74, 6) is 0.166. The summed E-state index contributed by atoms with van der Waals surface area (Å²) in [6.07, 6.45) is 5.49. The van der Waals surface area contributed by atoms with Crippen LogP contribution < -0.4 is 0 Å². The van der Waals surface area contributed by atoms with Gasteiger partial charge in [0, 0.05) is 12.8 Å². The van der Waals surface area contributed by atoms with Gasteiger partial charge in [-0.15, -0.1) is 0 Å². The molecule has 78 valence electrons. The van der Waals surface area contributed by atoms with E-state index in [1.165, 1.54) is 0 Å². The molecule has 0 saturated heterocycles. The standard InChI is InChI=1S/C13H14O2/c1-11(15)10-13-7-5-12(6-8-13)4-2-3-9-14/h2,4-9H,3,10H2,1H3. The summed E-state index contributed by atoms with van der Waals surface area (Å²) in [6, 6.07) is 7.75. The molecule has 0 heterocycles. The van der Waals surface area contributed by atoms with E-state index < -0.39 is 0 Å². The Hall–Kier alpha value is -1.70. The maximum atomic E-state index is 10.9. The van der Waals surface area contributed by atoms with Crippen LogP contribution in [0.3, 0.4) is 0 Å². The van der Waals surface area contributed by atoms with Crippen LogP contribution in [0.2, 0.25) is 0 Å². The van der Waals surface area contributed by atoms with Crippen LogP contribution in [0.4, 0.5) is 0 Å². The third-order valence-corrected chi connectivity index (χ3v) is 1.98. The second-order valence-electron chi connectivity index (χ2n) is 3.43. The Kier molecular flexibility index (Phi) is 4.48. The van der Waals surface area contributed by atoms with E-state index in [1.54, 1.807) is 6.92 Å². The third kappa shape index (κ3) is 4.36. The molecular weight excluding hydrogens is 188 g/mol. The number of hydrogen-bond donors (Lipinski definition) is 0. The molecular formula is C13H14O2. The summed E-state index contributed by atoms with van der Waals surface area (Å²) in [7, 11) is 0. The number of carbonyl (C=O) groups excluding carboxylic acids is 2. The van der Waals surface area contributed by atoms with Crippen molar-refractivity contribution >= 4 is 18.1 Å². The zero-order valence-corrected chi connectivity index (χ0v) is 8.77. The topological polar surface area (TPSA) is 34.1 Å². The van der Waals surface area contributed by atoms with Gasteiger partial charge < -0.3 is 4.79 Å². The van der Waals surface area contributed by atoms with E-state index in [4.69, 9.17) is 0 Å². The Morgan fingerprint density at radius 2 is 1.93 bits per heavy atom. The van der Waals surface area contributed by atoms with Gasteiger partial charge >= 0.3 is 0 Å². The quantitative estimate of drug-likeness (QED) is 0.687. The van der Waals surface area contributed by atoms with Crippen molar-refractivity contribution < 1.29 is 9.59 Å². The second kappa shape index (κ2) is 5.91. The summed E-state index contributed by atoms with van der Waals surface area (Å²) in [5.41, 5.74) is 2.07. The highest BCUT2D eigenvalue weighted by Crippen LogP contribution is 2.07. The monoisotopic (exact) mass is 202 g/mol. The highest BCUT2D eigenvalue weighted by atomic mass is 16.1. The van der Waals surface area contributed by atoms with Crippen molar-refractivity contribution in [2.45, 2.75) is 19.8 Å². The van der Waals surface area contributed by atoms with Crippen LogP contribution in [0.25, 0.3) is 6.08 Å². The molecule has 0 unspecified atom stereocenters. The molecule has 0 fully saturated rings. The van der Waals surface area contributed by atoms with Gasteiger partial charge in [0.25, 0.3) is 0 Å². The lowest BCUT2D eigenvalue weighted by Crippen LogP contribution is -1.95. The summed E-state index contributed by atoms with van der Waals surface area (Å²) < 4.78 is 0. The summed E-state index contributed by atoms with van der Waals surface area (Å²) >= 11 is 0. The summed E-state index contributed by atoms with van der Waals surface area (Å²) in [4.78, 5) is 20.9. The van der Waals surface area contributed by atoms with Gasteiger partial charge in [-0.3, -0.25) is 4.79 Å². The summed E-state index contributed by atoms with van der Waals surface area (Å²) in [6.45, 7) is 1.58. The normalized spacial score (nSPS) is 10.5. The number of Topliss-reactive ketones (excluding diaryl/α,β-unsaturated/α-hetero) is 1. The largest absolute Gasteiger partial charge is 0.303 e. The van der Waals surface area contributed by atoms with Gasteiger partial charge in [0.2, 0.25) is 0 Å². The molecule has 15 heavy (non-hydrogen) atoms. The fourth-order valence-corrected chi connectivity index (χ4v) is 1.29. The van der Waals surface area contributed by atoms with E-state index in [9.17, 15) is 9.59 Å². The minimum atomic E-state index is 0.166. The van der Waals surface area contributed by atoms with E-state index in [0.717, 1.165) is 17.4 Å². The van der Waals surface area contributed by atoms with Crippen molar-refractivity contribution in [2.24, 2.45) is 0 Å². The lowest BCUT2D eigenvalue weighted by molar-refractivity contribution is -0.116. The maximum Gasteiger partial charge on any atom is 0.134 e. The smallest absolute Gasteiger partial charge is 0.134 e. The van der Waals surface area contributed by atoms with Gasteiger partial charge in [0.15, 0.2) is 0 Å². The molecule has 1 aromatic rings. The van der Waals surface area contributed by atoms with Crippen LogP contribution in [0.1, 0.15) is 24.5 Å². The second-order valence-corrected chi connectivity index (χ2v) is 3.43. The number of rotatable bonds is 5. The van der Waals surface area contributed by atoms with E-state index in [1.807, 2.05) is 36.4 Å². The first-order valence-electron chi connectivity index (χ1n) is 4.91. The predicted octanol–water partition coefficient (Wildman–Crippen LogP) is 2.42.